The molecule has 0 aliphatic heterocycles. The number of hydrogen-bond acceptors (Lipinski definition) is 4. The highest BCUT2D eigenvalue weighted by molar-refractivity contribution is 7.90. The van der Waals surface area contributed by atoms with Crippen molar-refractivity contribution in [3.05, 3.63) is 66.5 Å². The number of aromatic nitrogens is 2. The Labute approximate surface area is 141 Å². The van der Waals surface area contributed by atoms with Crippen molar-refractivity contribution in [1.29, 1.82) is 0 Å². The number of benzene rings is 2. The van der Waals surface area contributed by atoms with Gasteiger partial charge in [0.25, 0.3) is 10.0 Å². The van der Waals surface area contributed by atoms with Gasteiger partial charge in [-0.1, -0.05) is 17.7 Å². The van der Waals surface area contributed by atoms with E-state index < -0.39 is 10.0 Å². The third kappa shape index (κ3) is 3.05. The van der Waals surface area contributed by atoms with Crippen molar-refractivity contribution in [3.63, 3.8) is 0 Å². The Bertz CT molecular complexity index is 927. The van der Waals surface area contributed by atoms with Gasteiger partial charge in [-0.2, -0.15) is 0 Å². The van der Waals surface area contributed by atoms with Gasteiger partial charge in [-0.05, 0) is 50.2 Å². The van der Waals surface area contributed by atoms with E-state index in [0.717, 1.165) is 11.3 Å². The van der Waals surface area contributed by atoms with Crippen LogP contribution in [-0.2, 0) is 10.0 Å². The molecular formula is C18H18N2O3S. The van der Waals surface area contributed by atoms with Gasteiger partial charge in [0.1, 0.15) is 5.75 Å². The lowest BCUT2D eigenvalue weighted by Gasteiger charge is -2.10. The van der Waals surface area contributed by atoms with E-state index >= 15 is 0 Å². The summed E-state index contributed by atoms with van der Waals surface area (Å²) in [5, 5.41) is 0. The molecule has 0 radical (unpaired) electrons. The van der Waals surface area contributed by atoms with Crippen LogP contribution in [0.5, 0.6) is 5.75 Å². The van der Waals surface area contributed by atoms with Gasteiger partial charge in [0, 0.05) is 18.0 Å². The molecule has 0 unspecified atom stereocenters. The first-order chi connectivity index (χ1) is 11.5. The summed E-state index contributed by atoms with van der Waals surface area (Å²) < 4.78 is 32.3. The van der Waals surface area contributed by atoms with E-state index in [-0.39, 0.29) is 4.90 Å². The van der Waals surface area contributed by atoms with Gasteiger partial charge < -0.3 is 4.74 Å². The average Bonchev–Trinajstić information content (AvgIpc) is 3.07. The van der Waals surface area contributed by atoms with Gasteiger partial charge in [-0.3, -0.25) is 0 Å². The van der Waals surface area contributed by atoms with Crippen molar-refractivity contribution in [2.75, 3.05) is 6.61 Å². The Hall–Kier alpha value is -2.60. The maximum absolute atomic E-state index is 12.9. The predicted octanol–water partition coefficient (Wildman–Crippen LogP) is 3.49. The lowest BCUT2D eigenvalue weighted by atomic mass is 10.2. The summed E-state index contributed by atoms with van der Waals surface area (Å²) in [5.41, 5.74) is 1.71. The minimum atomic E-state index is -3.69. The molecule has 1 heterocycles. The SMILES string of the molecule is CCOc1ccc(-c2nccn2S(=O)(=O)c2ccc(C)cc2)cc1. The average molecular weight is 342 g/mol. The number of nitrogens with zero attached hydrogens (tertiary/aromatic N) is 2. The van der Waals surface area contributed by atoms with Crippen LogP contribution in [0.2, 0.25) is 0 Å². The van der Waals surface area contributed by atoms with Crippen LogP contribution in [0.4, 0.5) is 0 Å². The molecule has 6 heteroatoms. The van der Waals surface area contributed by atoms with Crippen LogP contribution in [0.25, 0.3) is 11.4 Å². The smallest absolute Gasteiger partial charge is 0.269 e. The van der Waals surface area contributed by atoms with Gasteiger partial charge in [0.05, 0.1) is 11.5 Å². The normalized spacial score (nSPS) is 11.4. The molecule has 0 bridgehead atoms. The molecule has 0 fully saturated rings. The molecule has 0 N–H and O–H groups in total. The van der Waals surface area contributed by atoms with E-state index in [4.69, 9.17) is 4.74 Å². The molecule has 3 aromatic rings. The molecule has 0 atom stereocenters. The fraction of sp³-hybridized carbons (Fsp3) is 0.167. The zero-order valence-electron chi connectivity index (χ0n) is 13.5. The van der Waals surface area contributed by atoms with E-state index in [2.05, 4.69) is 4.98 Å². The topological polar surface area (TPSA) is 61.2 Å². The molecule has 1 aromatic heterocycles. The maximum atomic E-state index is 12.9. The molecule has 0 amide bonds. The molecule has 3 rings (SSSR count). The Kier molecular flexibility index (Phi) is 4.40. The molecule has 0 saturated carbocycles. The molecule has 2 aromatic carbocycles. The Balaban J connectivity index is 2.02. The van der Waals surface area contributed by atoms with Crippen molar-refractivity contribution >= 4 is 10.0 Å². The first-order valence-corrected chi connectivity index (χ1v) is 9.05. The van der Waals surface area contributed by atoms with Crippen LogP contribution >= 0.6 is 0 Å². The Morgan fingerprint density at radius 1 is 1.04 bits per heavy atom. The highest BCUT2D eigenvalue weighted by Crippen LogP contribution is 2.25. The van der Waals surface area contributed by atoms with Gasteiger partial charge in [-0.15, -0.1) is 0 Å². The third-order valence-corrected chi connectivity index (χ3v) is 5.29. The quantitative estimate of drug-likeness (QED) is 0.712. The van der Waals surface area contributed by atoms with Crippen LogP contribution < -0.4 is 4.74 Å². The summed E-state index contributed by atoms with van der Waals surface area (Å²) in [4.78, 5) is 4.45. The second-order valence-electron chi connectivity index (χ2n) is 5.32. The van der Waals surface area contributed by atoms with Gasteiger partial charge in [0.15, 0.2) is 5.82 Å². The highest BCUT2D eigenvalue weighted by atomic mass is 32.2. The van der Waals surface area contributed by atoms with Gasteiger partial charge >= 0.3 is 0 Å². The van der Waals surface area contributed by atoms with Crippen molar-refractivity contribution < 1.29 is 13.2 Å². The molecule has 124 valence electrons. The van der Waals surface area contributed by atoms with Crippen molar-refractivity contribution in [3.8, 4) is 17.1 Å². The van der Waals surface area contributed by atoms with Crippen LogP contribution in [0, 0.1) is 6.92 Å². The summed E-state index contributed by atoms with van der Waals surface area (Å²) in [6.45, 7) is 4.41. The third-order valence-electron chi connectivity index (χ3n) is 3.61. The Morgan fingerprint density at radius 2 is 1.71 bits per heavy atom. The summed E-state index contributed by atoms with van der Waals surface area (Å²) >= 11 is 0. The number of hydrogen-bond donors (Lipinski definition) is 0. The zero-order valence-corrected chi connectivity index (χ0v) is 14.3. The van der Waals surface area contributed by atoms with Crippen LogP contribution in [0.3, 0.4) is 0 Å². The lowest BCUT2D eigenvalue weighted by Crippen LogP contribution is -2.13. The van der Waals surface area contributed by atoms with Crippen molar-refractivity contribution in [1.82, 2.24) is 8.96 Å². The van der Waals surface area contributed by atoms with E-state index in [1.165, 1.54) is 16.4 Å². The second kappa shape index (κ2) is 6.49. The summed E-state index contributed by atoms with van der Waals surface area (Å²) in [7, 11) is -3.69. The maximum Gasteiger partial charge on any atom is 0.269 e. The van der Waals surface area contributed by atoms with Crippen LogP contribution in [0.1, 0.15) is 12.5 Å². The molecule has 0 saturated heterocycles. The highest BCUT2D eigenvalue weighted by Gasteiger charge is 2.20. The number of imidazole rings is 1. The molecule has 0 aliphatic carbocycles. The van der Waals surface area contributed by atoms with Crippen molar-refractivity contribution in [2.45, 2.75) is 18.7 Å². The van der Waals surface area contributed by atoms with Crippen LogP contribution in [0.15, 0.2) is 65.8 Å². The molecule has 0 aliphatic rings. The van der Waals surface area contributed by atoms with E-state index in [1.54, 1.807) is 48.5 Å². The van der Waals surface area contributed by atoms with Gasteiger partial charge in [-0.25, -0.2) is 17.4 Å². The first-order valence-electron chi connectivity index (χ1n) is 7.61. The molecule has 0 spiro atoms. The van der Waals surface area contributed by atoms with E-state index in [0.29, 0.717) is 18.0 Å². The fourth-order valence-electron chi connectivity index (χ4n) is 2.38. The standard InChI is InChI=1S/C18H18N2O3S/c1-3-23-16-8-6-15(7-9-16)18-19-12-13-20(18)24(21,22)17-10-4-14(2)5-11-17/h4-13H,3H2,1-2H3. The summed E-state index contributed by atoms with van der Waals surface area (Å²) in [6, 6.07) is 14.0. The van der Waals surface area contributed by atoms with Crippen LogP contribution in [-0.4, -0.2) is 24.0 Å². The Morgan fingerprint density at radius 3 is 2.33 bits per heavy atom. The van der Waals surface area contributed by atoms with E-state index in [9.17, 15) is 8.42 Å². The predicted molar refractivity (Wildman–Crippen MR) is 92.6 cm³/mol. The minimum Gasteiger partial charge on any atom is -0.494 e. The molecule has 24 heavy (non-hydrogen) atoms. The van der Waals surface area contributed by atoms with Gasteiger partial charge in [0.2, 0.25) is 0 Å². The monoisotopic (exact) mass is 342 g/mol. The minimum absolute atomic E-state index is 0.235. The molecule has 5 nitrogen and oxygen atoms in total. The fourth-order valence-corrected chi connectivity index (χ4v) is 3.68. The number of rotatable bonds is 5. The van der Waals surface area contributed by atoms with Crippen molar-refractivity contribution in [2.24, 2.45) is 0 Å². The summed E-state index contributed by atoms with van der Waals surface area (Å²) in [6.07, 6.45) is 2.94. The van der Waals surface area contributed by atoms with E-state index in [1.807, 2.05) is 13.8 Å². The first kappa shape index (κ1) is 16.3. The second-order valence-corrected chi connectivity index (χ2v) is 7.14. The zero-order chi connectivity index (χ0) is 17.2. The largest absolute Gasteiger partial charge is 0.494 e. The lowest BCUT2D eigenvalue weighted by molar-refractivity contribution is 0.340. The number of aryl methyl sites for hydroxylation is 1. The summed E-state index contributed by atoms with van der Waals surface area (Å²) in [5.74, 6) is 1.11. The molecular weight excluding hydrogens is 324 g/mol. The number of ether oxygens (including phenoxy) is 1.